The fourth-order valence-corrected chi connectivity index (χ4v) is 2.40. The van der Waals surface area contributed by atoms with Gasteiger partial charge in [0.15, 0.2) is 5.78 Å². The average molecular weight is 297 g/mol. The first-order valence-electron chi connectivity index (χ1n) is 8.46. The van der Waals surface area contributed by atoms with Crippen LogP contribution in [0, 0.1) is 11.3 Å². The Hall–Kier alpha value is -1.88. The van der Waals surface area contributed by atoms with Crippen LogP contribution in [-0.2, 0) is 4.79 Å². The molecular formula is C20H27NO. The molecule has 0 saturated carbocycles. The zero-order chi connectivity index (χ0) is 15.9. The molecule has 0 aliphatic heterocycles. The van der Waals surface area contributed by atoms with Gasteiger partial charge in [-0.2, -0.15) is 5.26 Å². The van der Waals surface area contributed by atoms with Gasteiger partial charge < -0.3 is 0 Å². The number of carbonyl (C=O) groups is 1. The molecule has 0 spiro atoms. The maximum Gasteiger partial charge on any atom is 0.155 e. The van der Waals surface area contributed by atoms with E-state index >= 15 is 0 Å². The van der Waals surface area contributed by atoms with Crippen LogP contribution in [0.3, 0.4) is 0 Å². The van der Waals surface area contributed by atoms with Gasteiger partial charge in [0.1, 0.15) is 0 Å². The van der Waals surface area contributed by atoms with Crippen molar-refractivity contribution in [2.75, 3.05) is 0 Å². The van der Waals surface area contributed by atoms with Crippen molar-refractivity contribution < 1.29 is 4.79 Å². The lowest BCUT2D eigenvalue weighted by Gasteiger charge is -2.00. The minimum absolute atomic E-state index is 0.223. The van der Waals surface area contributed by atoms with Gasteiger partial charge in [0, 0.05) is 12.8 Å². The lowest BCUT2D eigenvalue weighted by Crippen LogP contribution is -1.92. The maximum atomic E-state index is 11.7. The number of carbonyl (C=O) groups excluding carboxylic acids is 1. The maximum absolute atomic E-state index is 11.7. The van der Waals surface area contributed by atoms with E-state index in [-0.39, 0.29) is 5.78 Å². The normalized spacial score (nSPS) is 10.7. The minimum atomic E-state index is 0.223. The number of ketones is 1. The summed E-state index contributed by atoms with van der Waals surface area (Å²) < 4.78 is 0. The lowest BCUT2D eigenvalue weighted by molar-refractivity contribution is -0.114. The van der Waals surface area contributed by atoms with Crippen LogP contribution in [-0.4, -0.2) is 5.78 Å². The summed E-state index contributed by atoms with van der Waals surface area (Å²) in [5.41, 5.74) is 1.08. The summed E-state index contributed by atoms with van der Waals surface area (Å²) in [4.78, 5) is 11.7. The fourth-order valence-electron chi connectivity index (χ4n) is 2.40. The molecule has 1 aromatic carbocycles. The number of allylic oxidation sites excluding steroid dienone is 1. The monoisotopic (exact) mass is 297 g/mol. The topological polar surface area (TPSA) is 40.9 Å². The molecule has 118 valence electrons. The van der Waals surface area contributed by atoms with Crippen molar-refractivity contribution in [2.24, 2.45) is 0 Å². The van der Waals surface area contributed by atoms with Crippen molar-refractivity contribution in [1.29, 1.82) is 5.26 Å². The first kappa shape index (κ1) is 18.2. The predicted octanol–water partition coefficient (Wildman–Crippen LogP) is 5.69. The summed E-state index contributed by atoms with van der Waals surface area (Å²) in [6.07, 6.45) is 14.3. The van der Waals surface area contributed by atoms with E-state index in [1.807, 2.05) is 36.4 Å². The van der Waals surface area contributed by atoms with E-state index in [4.69, 9.17) is 5.26 Å². The van der Waals surface area contributed by atoms with Crippen LogP contribution in [0.2, 0.25) is 0 Å². The van der Waals surface area contributed by atoms with Gasteiger partial charge in [0.2, 0.25) is 0 Å². The molecule has 0 N–H and O–H groups in total. The molecule has 0 saturated heterocycles. The first-order valence-corrected chi connectivity index (χ1v) is 8.46. The van der Waals surface area contributed by atoms with Gasteiger partial charge in [-0.1, -0.05) is 74.9 Å². The Morgan fingerprint density at radius 3 is 2.14 bits per heavy atom. The molecule has 0 heterocycles. The van der Waals surface area contributed by atoms with Gasteiger partial charge in [-0.05, 0) is 24.5 Å². The van der Waals surface area contributed by atoms with Crippen LogP contribution in [0.4, 0.5) is 0 Å². The summed E-state index contributed by atoms with van der Waals surface area (Å²) in [5.74, 6) is 0.223. The highest BCUT2D eigenvalue weighted by molar-refractivity contribution is 5.93. The van der Waals surface area contributed by atoms with Crippen LogP contribution < -0.4 is 0 Å². The zero-order valence-corrected chi connectivity index (χ0v) is 13.5. The Morgan fingerprint density at radius 2 is 1.50 bits per heavy atom. The number of benzene rings is 1. The van der Waals surface area contributed by atoms with Crippen LogP contribution in [0.5, 0.6) is 0 Å². The van der Waals surface area contributed by atoms with E-state index in [0.29, 0.717) is 12.8 Å². The van der Waals surface area contributed by atoms with Gasteiger partial charge in [-0.15, -0.1) is 0 Å². The second kappa shape index (κ2) is 12.8. The summed E-state index contributed by atoms with van der Waals surface area (Å²) in [6.45, 7) is 0. The van der Waals surface area contributed by atoms with Crippen molar-refractivity contribution in [2.45, 2.75) is 64.2 Å². The SMILES string of the molecule is N#CCCCCCCCCCCC(=O)/C=C/c1ccccc1. The smallest absolute Gasteiger partial charge is 0.155 e. The second-order valence-corrected chi connectivity index (χ2v) is 5.70. The van der Waals surface area contributed by atoms with Gasteiger partial charge in [0.05, 0.1) is 6.07 Å². The minimum Gasteiger partial charge on any atom is -0.295 e. The number of nitrogens with zero attached hydrogens (tertiary/aromatic N) is 1. The van der Waals surface area contributed by atoms with E-state index in [9.17, 15) is 4.79 Å². The van der Waals surface area contributed by atoms with Gasteiger partial charge in [0.25, 0.3) is 0 Å². The highest BCUT2D eigenvalue weighted by Crippen LogP contribution is 2.11. The van der Waals surface area contributed by atoms with Crippen LogP contribution in [0.25, 0.3) is 6.08 Å². The Labute approximate surface area is 134 Å². The third-order valence-electron chi connectivity index (χ3n) is 3.72. The molecule has 1 aromatic rings. The third-order valence-corrected chi connectivity index (χ3v) is 3.72. The van der Waals surface area contributed by atoms with Crippen LogP contribution in [0.15, 0.2) is 36.4 Å². The second-order valence-electron chi connectivity index (χ2n) is 5.70. The Balaban J connectivity index is 1.95. The largest absolute Gasteiger partial charge is 0.295 e. The number of rotatable bonds is 12. The van der Waals surface area contributed by atoms with Crippen LogP contribution >= 0.6 is 0 Å². The Kier molecular flexibility index (Phi) is 10.6. The standard InChI is InChI=1S/C20H27NO/c21-18-12-7-5-3-1-2-4-6-11-15-20(22)17-16-19-13-9-8-10-14-19/h8-10,13-14,16-17H,1-7,11-12,15H2/b17-16+. The van der Waals surface area contributed by atoms with Crippen molar-refractivity contribution in [1.82, 2.24) is 0 Å². The predicted molar refractivity (Wildman–Crippen MR) is 92.3 cm³/mol. The van der Waals surface area contributed by atoms with E-state index < -0.39 is 0 Å². The molecule has 0 atom stereocenters. The molecule has 0 bridgehead atoms. The molecule has 0 aromatic heterocycles. The van der Waals surface area contributed by atoms with Crippen molar-refractivity contribution in [3.05, 3.63) is 42.0 Å². The molecule has 0 fully saturated rings. The molecule has 0 aliphatic rings. The van der Waals surface area contributed by atoms with Gasteiger partial charge in [-0.25, -0.2) is 0 Å². The van der Waals surface area contributed by atoms with Crippen molar-refractivity contribution in [3.8, 4) is 6.07 Å². The number of nitriles is 1. The number of unbranched alkanes of at least 4 members (excludes halogenated alkanes) is 8. The van der Waals surface area contributed by atoms with Gasteiger partial charge in [-0.3, -0.25) is 4.79 Å². The van der Waals surface area contributed by atoms with E-state index in [1.54, 1.807) is 6.08 Å². The summed E-state index contributed by atoms with van der Waals surface area (Å²) >= 11 is 0. The molecule has 0 unspecified atom stereocenters. The highest BCUT2D eigenvalue weighted by atomic mass is 16.1. The van der Waals surface area contributed by atoms with Crippen LogP contribution in [0.1, 0.15) is 69.8 Å². The molecule has 22 heavy (non-hydrogen) atoms. The molecule has 2 nitrogen and oxygen atoms in total. The molecule has 0 amide bonds. The van der Waals surface area contributed by atoms with E-state index in [1.165, 1.54) is 32.1 Å². The summed E-state index contributed by atoms with van der Waals surface area (Å²) in [7, 11) is 0. The zero-order valence-electron chi connectivity index (χ0n) is 13.5. The summed E-state index contributed by atoms with van der Waals surface area (Å²) in [6, 6.07) is 12.1. The molecule has 2 heteroatoms. The summed E-state index contributed by atoms with van der Waals surface area (Å²) in [5, 5.41) is 8.43. The van der Waals surface area contributed by atoms with E-state index in [2.05, 4.69) is 6.07 Å². The van der Waals surface area contributed by atoms with Crippen molar-refractivity contribution in [3.63, 3.8) is 0 Å². The molecular weight excluding hydrogens is 270 g/mol. The van der Waals surface area contributed by atoms with E-state index in [0.717, 1.165) is 24.8 Å². The molecule has 0 aliphatic carbocycles. The highest BCUT2D eigenvalue weighted by Gasteiger charge is 1.97. The fraction of sp³-hybridized carbons (Fsp3) is 0.500. The third kappa shape index (κ3) is 9.94. The Bertz CT molecular complexity index is 470. The molecule has 1 rings (SSSR count). The number of hydrogen-bond donors (Lipinski definition) is 0. The van der Waals surface area contributed by atoms with Crippen molar-refractivity contribution >= 4 is 11.9 Å². The number of hydrogen-bond acceptors (Lipinski definition) is 2. The quantitative estimate of drug-likeness (QED) is 0.367. The lowest BCUT2D eigenvalue weighted by atomic mass is 10.1. The molecule has 0 radical (unpaired) electrons. The Morgan fingerprint density at radius 1 is 0.909 bits per heavy atom. The van der Waals surface area contributed by atoms with Gasteiger partial charge >= 0.3 is 0 Å². The average Bonchev–Trinajstić information content (AvgIpc) is 2.55. The first-order chi connectivity index (χ1) is 10.8.